The monoisotopic (exact) mass is 399 g/mol. The number of aromatic nitrogens is 1. The van der Waals surface area contributed by atoms with Crippen molar-refractivity contribution in [1.82, 2.24) is 14.8 Å². The summed E-state index contributed by atoms with van der Waals surface area (Å²) in [6.45, 7) is 1.91. The molecule has 158 valence electrons. The van der Waals surface area contributed by atoms with E-state index in [2.05, 4.69) is 35.8 Å². The number of anilines is 1. The molecule has 2 unspecified atom stereocenters. The first-order valence-corrected chi connectivity index (χ1v) is 10.8. The van der Waals surface area contributed by atoms with Gasteiger partial charge < -0.3 is 24.9 Å². The van der Waals surface area contributed by atoms with Crippen molar-refractivity contribution >= 4 is 23.0 Å². The van der Waals surface area contributed by atoms with Crippen LogP contribution >= 0.6 is 0 Å². The highest BCUT2D eigenvalue weighted by atomic mass is 16.4. The number of nitrogens with zero attached hydrogens (tertiary/aromatic N) is 4. The first kappa shape index (κ1) is 20.2. The van der Waals surface area contributed by atoms with Crippen molar-refractivity contribution in [1.29, 1.82) is 0 Å². The zero-order valence-electron chi connectivity index (χ0n) is 17.8. The van der Waals surface area contributed by atoms with Gasteiger partial charge in [0.15, 0.2) is 5.58 Å². The average molecular weight is 400 g/mol. The van der Waals surface area contributed by atoms with Crippen LogP contribution in [0.25, 0.3) is 11.1 Å². The van der Waals surface area contributed by atoms with Gasteiger partial charge in [-0.25, -0.2) is 0 Å². The highest BCUT2D eigenvalue weighted by molar-refractivity contribution is 6.03. The molecule has 1 aromatic carbocycles. The van der Waals surface area contributed by atoms with Gasteiger partial charge in [0.25, 0.3) is 11.9 Å². The van der Waals surface area contributed by atoms with Crippen LogP contribution in [-0.4, -0.2) is 73.0 Å². The molecule has 7 heteroatoms. The molecule has 2 saturated heterocycles. The molecule has 0 aliphatic carbocycles. The molecule has 2 N–H and O–H groups in total. The zero-order valence-corrected chi connectivity index (χ0v) is 17.8. The van der Waals surface area contributed by atoms with Gasteiger partial charge in [-0.15, -0.1) is 0 Å². The average Bonchev–Trinajstić information content (AvgIpc) is 3.08. The van der Waals surface area contributed by atoms with Crippen LogP contribution in [0.1, 0.15) is 48.9 Å². The smallest absolute Gasteiger partial charge is 0.298 e. The second kappa shape index (κ2) is 8.32. The number of hydrogen-bond acceptors (Lipinski definition) is 6. The van der Waals surface area contributed by atoms with Crippen LogP contribution in [0.2, 0.25) is 0 Å². The van der Waals surface area contributed by atoms with E-state index in [1.807, 2.05) is 6.07 Å². The van der Waals surface area contributed by atoms with E-state index in [0.29, 0.717) is 40.8 Å². The molecule has 4 rings (SSSR count). The van der Waals surface area contributed by atoms with Gasteiger partial charge in [-0.1, -0.05) is 12.5 Å². The molecule has 3 heterocycles. The molecule has 2 aliphatic heterocycles. The van der Waals surface area contributed by atoms with Crippen LogP contribution < -0.4 is 10.6 Å². The van der Waals surface area contributed by atoms with Crippen LogP contribution in [-0.2, 0) is 0 Å². The summed E-state index contributed by atoms with van der Waals surface area (Å²) in [7, 11) is 6.48. The first-order chi connectivity index (χ1) is 13.9. The summed E-state index contributed by atoms with van der Waals surface area (Å²) < 4.78 is 6.16. The van der Waals surface area contributed by atoms with E-state index in [9.17, 15) is 4.79 Å². The molecule has 2 aromatic rings. The highest BCUT2D eigenvalue weighted by Gasteiger charge is 2.39. The normalized spacial score (nSPS) is 24.9. The summed E-state index contributed by atoms with van der Waals surface area (Å²) in [6.07, 6.45) is 7.18. The fourth-order valence-electron chi connectivity index (χ4n) is 5.09. The lowest BCUT2D eigenvalue weighted by Gasteiger charge is -2.49. The minimum atomic E-state index is -0.469. The van der Waals surface area contributed by atoms with Crippen LogP contribution in [0.15, 0.2) is 22.6 Å². The Bertz CT molecular complexity index is 850. The number of hydrogen-bond donors (Lipinski definition) is 1. The van der Waals surface area contributed by atoms with Crippen molar-refractivity contribution in [3.05, 3.63) is 23.8 Å². The lowest BCUT2D eigenvalue weighted by molar-refractivity contribution is 0.0539. The van der Waals surface area contributed by atoms with Gasteiger partial charge in [0.1, 0.15) is 5.52 Å². The molecule has 0 spiro atoms. The number of fused-ring (bicyclic) bond motifs is 3. The topological polar surface area (TPSA) is 78.8 Å². The standard InChI is InChI=1S/C22H33N5O2/c1-25(2)11-6-12-27(17-13-15-7-4-8-16(14-17)26(15)3)22-24-20-18(21(23)28)9-5-10-19(20)29-22/h5,9-10,15-17H,4,6-8,11-14H2,1-3H3,(H2,23,28). The molecular formula is C22H33N5O2. The minimum absolute atomic E-state index is 0.411. The van der Waals surface area contributed by atoms with Crippen molar-refractivity contribution in [3.8, 4) is 0 Å². The lowest BCUT2D eigenvalue weighted by Crippen LogP contribution is -2.55. The van der Waals surface area contributed by atoms with Crippen molar-refractivity contribution in [2.24, 2.45) is 5.73 Å². The predicted molar refractivity (Wildman–Crippen MR) is 115 cm³/mol. The summed E-state index contributed by atoms with van der Waals surface area (Å²) in [5.41, 5.74) is 7.17. The Kier molecular flexibility index (Phi) is 5.79. The second-order valence-electron chi connectivity index (χ2n) is 8.89. The molecule has 1 amide bonds. The van der Waals surface area contributed by atoms with E-state index in [0.717, 1.165) is 32.4 Å². The van der Waals surface area contributed by atoms with Crippen LogP contribution in [0.3, 0.4) is 0 Å². The number of carbonyl (C=O) groups is 1. The number of piperidine rings is 2. The van der Waals surface area contributed by atoms with E-state index in [-0.39, 0.29) is 0 Å². The highest BCUT2D eigenvalue weighted by Crippen LogP contribution is 2.37. The lowest BCUT2D eigenvalue weighted by atomic mass is 9.81. The van der Waals surface area contributed by atoms with E-state index >= 15 is 0 Å². The number of para-hydroxylation sites is 1. The maximum atomic E-state index is 11.8. The molecule has 29 heavy (non-hydrogen) atoms. The number of rotatable bonds is 7. The van der Waals surface area contributed by atoms with Crippen LogP contribution in [0.5, 0.6) is 0 Å². The number of oxazole rings is 1. The summed E-state index contributed by atoms with van der Waals surface area (Å²) in [5, 5.41) is 0. The molecule has 0 saturated carbocycles. The van der Waals surface area contributed by atoms with Gasteiger partial charge in [-0.3, -0.25) is 4.79 Å². The third-order valence-corrected chi connectivity index (χ3v) is 6.68. The van der Waals surface area contributed by atoms with Gasteiger partial charge in [0.2, 0.25) is 0 Å². The summed E-state index contributed by atoms with van der Waals surface area (Å²) in [6, 6.07) is 7.68. The SMILES string of the molecule is CN(C)CCCN(c1nc2c(C(N)=O)cccc2o1)C1CC2CCCC(C1)N2C. The molecule has 7 nitrogen and oxygen atoms in total. The largest absolute Gasteiger partial charge is 0.423 e. The molecule has 2 aliphatic rings. The van der Waals surface area contributed by atoms with Gasteiger partial charge in [-0.2, -0.15) is 4.98 Å². The van der Waals surface area contributed by atoms with Crippen molar-refractivity contribution in [2.75, 3.05) is 39.1 Å². The molecule has 0 radical (unpaired) electrons. The van der Waals surface area contributed by atoms with Gasteiger partial charge in [0, 0.05) is 24.7 Å². The van der Waals surface area contributed by atoms with Crippen LogP contribution in [0.4, 0.5) is 6.01 Å². The number of carbonyl (C=O) groups excluding carboxylic acids is 1. The summed E-state index contributed by atoms with van der Waals surface area (Å²) in [5.74, 6) is -0.469. The zero-order chi connectivity index (χ0) is 20.5. The van der Waals surface area contributed by atoms with Crippen LogP contribution in [0, 0.1) is 0 Å². The number of benzene rings is 1. The Morgan fingerprint density at radius 1 is 1.24 bits per heavy atom. The number of amides is 1. The number of nitrogens with two attached hydrogens (primary N) is 1. The Morgan fingerprint density at radius 2 is 1.97 bits per heavy atom. The first-order valence-electron chi connectivity index (χ1n) is 10.8. The Balaban J connectivity index is 1.64. The Hall–Kier alpha value is -2.12. The van der Waals surface area contributed by atoms with E-state index < -0.39 is 5.91 Å². The fraction of sp³-hybridized carbons (Fsp3) is 0.636. The van der Waals surface area contributed by atoms with E-state index in [1.54, 1.807) is 12.1 Å². The third kappa shape index (κ3) is 4.12. The van der Waals surface area contributed by atoms with Crippen molar-refractivity contribution in [2.45, 2.75) is 56.7 Å². The van der Waals surface area contributed by atoms with Crippen molar-refractivity contribution in [3.63, 3.8) is 0 Å². The summed E-state index contributed by atoms with van der Waals surface area (Å²) >= 11 is 0. The van der Waals surface area contributed by atoms with Crippen molar-refractivity contribution < 1.29 is 9.21 Å². The molecule has 2 fully saturated rings. The fourth-order valence-corrected chi connectivity index (χ4v) is 5.09. The Morgan fingerprint density at radius 3 is 2.62 bits per heavy atom. The maximum absolute atomic E-state index is 11.8. The Labute approximate surface area is 172 Å². The van der Waals surface area contributed by atoms with Gasteiger partial charge in [0.05, 0.1) is 5.56 Å². The molecule has 2 atom stereocenters. The summed E-state index contributed by atoms with van der Waals surface area (Å²) in [4.78, 5) is 23.7. The van der Waals surface area contributed by atoms with E-state index in [4.69, 9.17) is 15.1 Å². The van der Waals surface area contributed by atoms with Gasteiger partial charge >= 0.3 is 0 Å². The van der Waals surface area contributed by atoms with Gasteiger partial charge in [-0.05, 0) is 71.9 Å². The maximum Gasteiger partial charge on any atom is 0.298 e. The second-order valence-corrected chi connectivity index (χ2v) is 8.89. The molecule has 2 bridgehead atoms. The minimum Gasteiger partial charge on any atom is -0.423 e. The predicted octanol–water partition coefficient (Wildman–Crippen LogP) is 2.70. The number of primary amides is 1. The van der Waals surface area contributed by atoms with E-state index in [1.165, 1.54) is 19.3 Å². The molecule has 1 aromatic heterocycles. The quantitative estimate of drug-likeness (QED) is 0.771. The third-order valence-electron chi connectivity index (χ3n) is 6.68. The molecular weight excluding hydrogens is 366 g/mol.